The predicted molar refractivity (Wildman–Crippen MR) is 104 cm³/mol. The Morgan fingerprint density at radius 3 is 2.36 bits per heavy atom. The highest BCUT2D eigenvalue weighted by molar-refractivity contribution is 9.10. The third-order valence-corrected chi connectivity index (χ3v) is 5.44. The summed E-state index contributed by atoms with van der Waals surface area (Å²) in [6.45, 7) is 5.76. The van der Waals surface area contributed by atoms with Gasteiger partial charge in [0, 0.05) is 11.0 Å². The molecular weight excluding hydrogens is 378 g/mol. The molecule has 0 saturated carbocycles. The Hall–Kier alpha value is -1.65. The first-order chi connectivity index (χ1) is 11.9. The summed E-state index contributed by atoms with van der Waals surface area (Å²) in [5, 5.41) is 9.47. The molecule has 0 amide bonds. The zero-order valence-corrected chi connectivity index (χ0v) is 16.3. The Morgan fingerprint density at radius 2 is 1.76 bits per heavy atom. The summed E-state index contributed by atoms with van der Waals surface area (Å²) in [7, 11) is 0. The Bertz CT molecular complexity index is 737. The molecule has 25 heavy (non-hydrogen) atoms. The smallest absolute Gasteiger partial charge is 0.307 e. The number of aliphatic carboxylic acids is 1. The van der Waals surface area contributed by atoms with Crippen LogP contribution in [0.15, 0.2) is 46.9 Å². The highest BCUT2D eigenvalue weighted by atomic mass is 79.9. The van der Waals surface area contributed by atoms with Crippen LogP contribution < -0.4 is 0 Å². The fourth-order valence-corrected chi connectivity index (χ4v) is 4.13. The number of carbonyl (C=O) groups is 1. The Balaban J connectivity index is 2.02. The van der Waals surface area contributed by atoms with Gasteiger partial charge in [0.15, 0.2) is 0 Å². The van der Waals surface area contributed by atoms with Crippen LogP contribution in [0.4, 0.5) is 0 Å². The third kappa shape index (κ3) is 4.31. The van der Waals surface area contributed by atoms with Crippen LogP contribution in [0.1, 0.15) is 41.1 Å². The molecule has 0 bridgehead atoms. The normalized spacial score (nSPS) is 19.6. The lowest BCUT2D eigenvalue weighted by Gasteiger charge is -2.38. The van der Waals surface area contributed by atoms with Crippen LogP contribution >= 0.6 is 15.9 Å². The Labute approximate surface area is 157 Å². The standard InChI is InChI=1S/C21H24BrNO2/c1-14-10-15(2)12-18(11-14)20(16-5-7-19(22)8-6-16)23-9-3-4-17(13-23)21(24)25/h5-8,10-12,17,20H,3-4,9,13H2,1-2H3,(H,24,25). The van der Waals surface area contributed by atoms with Crippen molar-refractivity contribution in [3.05, 3.63) is 69.2 Å². The second-order valence-corrected chi connectivity index (χ2v) is 7.96. The number of carboxylic acid groups (broad SMARTS) is 1. The first-order valence-corrected chi connectivity index (χ1v) is 9.54. The topological polar surface area (TPSA) is 40.5 Å². The fourth-order valence-electron chi connectivity index (χ4n) is 3.87. The average Bonchev–Trinajstić information content (AvgIpc) is 2.56. The van der Waals surface area contributed by atoms with Crippen LogP contribution in [0.5, 0.6) is 0 Å². The molecule has 0 radical (unpaired) electrons. The molecule has 2 unspecified atom stereocenters. The van der Waals surface area contributed by atoms with E-state index in [-0.39, 0.29) is 12.0 Å². The minimum absolute atomic E-state index is 0.0915. The van der Waals surface area contributed by atoms with Crippen molar-refractivity contribution >= 4 is 21.9 Å². The largest absolute Gasteiger partial charge is 0.481 e. The van der Waals surface area contributed by atoms with Gasteiger partial charge in [-0.3, -0.25) is 9.69 Å². The lowest BCUT2D eigenvalue weighted by Crippen LogP contribution is -2.41. The van der Waals surface area contributed by atoms with Gasteiger partial charge in [0.2, 0.25) is 0 Å². The molecule has 3 nitrogen and oxygen atoms in total. The molecule has 1 fully saturated rings. The number of aryl methyl sites for hydroxylation is 2. The molecule has 1 heterocycles. The van der Waals surface area contributed by atoms with E-state index in [0.717, 1.165) is 23.9 Å². The van der Waals surface area contributed by atoms with E-state index in [1.807, 2.05) is 0 Å². The zero-order valence-electron chi connectivity index (χ0n) is 14.7. The van der Waals surface area contributed by atoms with E-state index in [2.05, 4.69) is 77.1 Å². The summed E-state index contributed by atoms with van der Waals surface area (Å²) in [6, 6.07) is 15.1. The highest BCUT2D eigenvalue weighted by Gasteiger charge is 2.31. The summed E-state index contributed by atoms with van der Waals surface area (Å²) < 4.78 is 1.05. The van der Waals surface area contributed by atoms with E-state index in [9.17, 15) is 9.90 Å². The van der Waals surface area contributed by atoms with Crippen LogP contribution in [-0.4, -0.2) is 29.1 Å². The van der Waals surface area contributed by atoms with Gasteiger partial charge in [-0.25, -0.2) is 0 Å². The molecule has 2 aromatic rings. The maximum atomic E-state index is 11.5. The molecular formula is C21H24BrNO2. The van der Waals surface area contributed by atoms with Crippen molar-refractivity contribution in [3.63, 3.8) is 0 Å². The second-order valence-electron chi connectivity index (χ2n) is 7.05. The fraction of sp³-hybridized carbons (Fsp3) is 0.381. The summed E-state index contributed by atoms with van der Waals surface area (Å²) in [6.07, 6.45) is 1.69. The van der Waals surface area contributed by atoms with E-state index < -0.39 is 5.97 Å². The molecule has 0 aliphatic carbocycles. The summed E-state index contributed by atoms with van der Waals surface area (Å²) in [4.78, 5) is 13.8. The number of rotatable bonds is 4. The molecule has 1 aliphatic rings. The van der Waals surface area contributed by atoms with Crippen molar-refractivity contribution in [1.29, 1.82) is 0 Å². The summed E-state index contributed by atoms with van der Waals surface area (Å²) >= 11 is 3.51. The Kier molecular flexibility index (Phi) is 5.60. The van der Waals surface area contributed by atoms with Gasteiger partial charge >= 0.3 is 5.97 Å². The number of nitrogens with zero attached hydrogens (tertiary/aromatic N) is 1. The number of benzene rings is 2. The van der Waals surface area contributed by atoms with Crippen LogP contribution in [0.25, 0.3) is 0 Å². The van der Waals surface area contributed by atoms with E-state index in [4.69, 9.17) is 0 Å². The molecule has 2 aromatic carbocycles. The monoisotopic (exact) mass is 401 g/mol. The van der Waals surface area contributed by atoms with Crippen molar-refractivity contribution in [2.24, 2.45) is 5.92 Å². The number of piperidine rings is 1. The van der Waals surface area contributed by atoms with Crippen molar-refractivity contribution in [3.8, 4) is 0 Å². The molecule has 1 N–H and O–H groups in total. The van der Waals surface area contributed by atoms with E-state index in [0.29, 0.717) is 6.54 Å². The number of hydrogen-bond donors (Lipinski definition) is 1. The summed E-state index contributed by atoms with van der Waals surface area (Å²) in [5.41, 5.74) is 4.93. The first-order valence-electron chi connectivity index (χ1n) is 8.74. The quantitative estimate of drug-likeness (QED) is 0.787. The second kappa shape index (κ2) is 7.71. The highest BCUT2D eigenvalue weighted by Crippen LogP contribution is 2.34. The molecule has 1 aliphatic heterocycles. The van der Waals surface area contributed by atoms with Crippen LogP contribution in [-0.2, 0) is 4.79 Å². The van der Waals surface area contributed by atoms with Gasteiger partial charge in [0.25, 0.3) is 0 Å². The van der Waals surface area contributed by atoms with Crippen LogP contribution in [0.3, 0.4) is 0 Å². The Morgan fingerprint density at radius 1 is 1.12 bits per heavy atom. The van der Waals surface area contributed by atoms with Gasteiger partial charge in [0.1, 0.15) is 0 Å². The molecule has 0 aromatic heterocycles. The minimum atomic E-state index is -0.681. The lowest BCUT2D eigenvalue weighted by atomic mass is 9.90. The molecule has 0 spiro atoms. The number of halogens is 1. The van der Waals surface area contributed by atoms with Crippen molar-refractivity contribution in [2.75, 3.05) is 13.1 Å². The third-order valence-electron chi connectivity index (χ3n) is 4.91. The van der Waals surface area contributed by atoms with Crippen molar-refractivity contribution in [1.82, 2.24) is 4.90 Å². The van der Waals surface area contributed by atoms with Gasteiger partial charge in [-0.1, -0.05) is 57.4 Å². The van der Waals surface area contributed by atoms with Crippen molar-refractivity contribution < 1.29 is 9.90 Å². The lowest BCUT2D eigenvalue weighted by molar-refractivity contribution is -0.143. The first kappa shape index (κ1) is 18.2. The van der Waals surface area contributed by atoms with Gasteiger partial charge in [-0.2, -0.15) is 0 Å². The number of likely N-dealkylation sites (tertiary alicyclic amines) is 1. The SMILES string of the molecule is Cc1cc(C)cc(C(c2ccc(Br)cc2)N2CCCC(C(=O)O)C2)c1. The van der Waals surface area contributed by atoms with E-state index in [1.54, 1.807) is 0 Å². The average molecular weight is 402 g/mol. The van der Waals surface area contributed by atoms with Gasteiger partial charge in [0.05, 0.1) is 12.0 Å². The predicted octanol–water partition coefficient (Wildman–Crippen LogP) is 4.95. The molecule has 3 rings (SSSR count). The molecule has 1 saturated heterocycles. The maximum absolute atomic E-state index is 11.5. The van der Waals surface area contributed by atoms with Crippen LogP contribution in [0.2, 0.25) is 0 Å². The van der Waals surface area contributed by atoms with E-state index in [1.165, 1.54) is 22.3 Å². The van der Waals surface area contributed by atoms with Gasteiger partial charge in [-0.15, -0.1) is 0 Å². The minimum Gasteiger partial charge on any atom is -0.481 e. The maximum Gasteiger partial charge on any atom is 0.307 e. The molecule has 132 valence electrons. The molecule has 2 atom stereocenters. The van der Waals surface area contributed by atoms with Crippen LogP contribution in [0, 0.1) is 19.8 Å². The van der Waals surface area contributed by atoms with Gasteiger partial charge < -0.3 is 5.11 Å². The van der Waals surface area contributed by atoms with E-state index >= 15 is 0 Å². The number of carboxylic acids is 1. The molecule has 4 heteroatoms. The van der Waals surface area contributed by atoms with Gasteiger partial charge in [-0.05, 0) is 56.5 Å². The number of hydrogen-bond acceptors (Lipinski definition) is 2. The zero-order chi connectivity index (χ0) is 18.0. The van der Waals surface area contributed by atoms with Crippen molar-refractivity contribution in [2.45, 2.75) is 32.7 Å². The summed E-state index contributed by atoms with van der Waals surface area (Å²) in [5.74, 6) is -0.961.